The number of halogens is 1. The summed E-state index contributed by atoms with van der Waals surface area (Å²) < 4.78 is 0. The summed E-state index contributed by atoms with van der Waals surface area (Å²) in [6, 6.07) is 0.293. The Bertz CT molecular complexity index is 535. The summed E-state index contributed by atoms with van der Waals surface area (Å²) >= 11 is 11.0. The summed E-state index contributed by atoms with van der Waals surface area (Å²) in [6.07, 6.45) is 3.55. The van der Waals surface area contributed by atoms with Crippen molar-refractivity contribution in [3.8, 4) is 0 Å². The molecule has 1 saturated heterocycles. The van der Waals surface area contributed by atoms with E-state index in [-0.39, 0.29) is 16.5 Å². The van der Waals surface area contributed by atoms with Gasteiger partial charge in [0.1, 0.15) is 5.15 Å². The van der Waals surface area contributed by atoms with Crippen LogP contribution in [0.15, 0.2) is 11.0 Å². The first-order valence-electron chi connectivity index (χ1n) is 6.63. The predicted octanol–water partition coefficient (Wildman–Crippen LogP) is 1.19. The molecule has 2 heterocycles. The van der Waals surface area contributed by atoms with Gasteiger partial charge in [-0.1, -0.05) is 18.5 Å². The number of aromatic nitrogens is 2. The lowest BCUT2D eigenvalue weighted by atomic mass is 10.1. The highest BCUT2D eigenvalue weighted by atomic mass is 35.5. The fraction of sp³-hybridized carbons (Fsp3) is 0.583. The third-order valence-corrected chi connectivity index (χ3v) is 3.69. The summed E-state index contributed by atoms with van der Waals surface area (Å²) in [5, 5.41) is 6.62. The molecule has 1 unspecified atom stereocenters. The van der Waals surface area contributed by atoms with Crippen molar-refractivity contribution >= 4 is 34.7 Å². The topological polar surface area (TPSA) is 73.0 Å². The molecule has 1 aliphatic heterocycles. The molecule has 1 fully saturated rings. The molecule has 1 atom stereocenters. The van der Waals surface area contributed by atoms with Gasteiger partial charge >= 0.3 is 0 Å². The SMILES string of the molecule is CCN1CCCC(NC(=S)Nc2nc(Cl)c[nH]c2=O)C1. The molecule has 20 heavy (non-hydrogen) atoms. The average molecular weight is 316 g/mol. The van der Waals surface area contributed by atoms with Crippen molar-refractivity contribution in [2.45, 2.75) is 25.8 Å². The second-order valence-corrected chi connectivity index (χ2v) is 5.53. The Balaban J connectivity index is 1.92. The quantitative estimate of drug-likeness (QED) is 0.728. The zero-order chi connectivity index (χ0) is 14.5. The number of nitrogens with zero attached hydrogens (tertiary/aromatic N) is 2. The van der Waals surface area contributed by atoms with Gasteiger partial charge in [0, 0.05) is 18.8 Å². The minimum Gasteiger partial charge on any atom is -0.358 e. The van der Waals surface area contributed by atoms with E-state index >= 15 is 0 Å². The normalized spacial score (nSPS) is 19.6. The number of rotatable bonds is 3. The van der Waals surface area contributed by atoms with Crippen LogP contribution in [0.4, 0.5) is 5.82 Å². The maximum Gasteiger partial charge on any atom is 0.291 e. The molecule has 0 aliphatic carbocycles. The highest BCUT2D eigenvalue weighted by Crippen LogP contribution is 2.10. The lowest BCUT2D eigenvalue weighted by Gasteiger charge is -2.32. The minimum absolute atomic E-state index is 0.109. The van der Waals surface area contributed by atoms with E-state index < -0.39 is 0 Å². The van der Waals surface area contributed by atoms with Crippen LogP contribution in [0.3, 0.4) is 0 Å². The van der Waals surface area contributed by atoms with Crippen LogP contribution < -0.4 is 16.2 Å². The van der Waals surface area contributed by atoms with E-state index in [9.17, 15) is 4.79 Å². The van der Waals surface area contributed by atoms with Gasteiger partial charge in [-0.3, -0.25) is 4.79 Å². The van der Waals surface area contributed by atoms with Crippen LogP contribution in [0, 0.1) is 0 Å². The second kappa shape index (κ2) is 7.01. The Morgan fingerprint density at radius 2 is 2.50 bits per heavy atom. The van der Waals surface area contributed by atoms with Crippen LogP contribution in [-0.4, -0.2) is 45.7 Å². The van der Waals surface area contributed by atoms with Gasteiger partial charge in [0.15, 0.2) is 10.9 Å². The minimum atomic E-state index is -0.350. The Morgan fingerprint density at radius 1 is 1.70 bits per heavy atom. The molecular formula is C12H18ClN5OS. The number of H-pyrrole nitrogens is 1. The highest BCUT2D eigenvalue weighted by Gasteiger charge is 2.19. The lowest BCUT2D eigenvalue weighted by Crippen LogP contribution is -2.49. The zero-order valence-electron chi connectivity index (χ0n) is 11.3. The molecule has 0 amide bonds. The molecule has 2 rings (SSSR count). The summed E-state index contributed by atoms with van der Waals surface area (Å²) in [4.78, 5) is 20.3. The average Bonchev–Trinajstić information content (AvgIpc) is 2.43. The Morgan fingerprint density at radius 3 is 3.25 bits per heavy atom. The summed E-state index contributed by atoms with van der Waals surface area (Å²) in [5.41, 5.74) is -0.350. The molecule has 0 spiro atoms. The Labute approximate surface area is 127 Å². The molecule has 0 radical (unpaired) electrons. The van der Waals surface area contributed by atoms with Gasteiger partial charge in [-0.15, -0.1) is 0 Å². The van der Waals surface area contributed by atoms with Crippen LogP contribution in [0.5, 0.6) is 0 Å². The number of likely N-dealkylation sites (tertiary alicyclic amines) is 1. The number of nitrogens with one attached hydrogen (secondary N) is 3. The lowest BCUT2D eigenvalue weighted by molar-refractivity contribution is 0.210. The van der Waals surface area contributed by atoms with Gasteiger partial charge in [0.05, 0.1) is 0 Å². The van der Waals surface area contributed by atoms with Crippen molar-refractivity contribution in [1.29, 1.82) is 0 Å². The van der Waals surface area contributed by atoms with Gasteiger partial charge in [-0.2, -0.15) is 0 Å². The fourth-order valence-electron chi connectivity index (χ4n) is 2.26. The highest BCUT2D eigenvalue weighted by molar-refractivity contribution is 7.80. The molecule has 1 aromatic heterocycles. The summed E-state index contributed by atoms with van der Waals surface area (Å²) in [7, 11) is 0. The first kappa shape index (κ1) is 15.2. The van der Waals surface area contributed by atoms with Crippen LogP contribution >= 0.6 is 23.8 Å². The number of aromatic amines is 1. The molecule has 1 aliphatic rings. The fourth-order valence-corrected chi connectivity index (χ4v) is 2.66. The van der Waals surface area contributed by atoms with Crippen LogP contribution in [0.1, 0.15) is 19.8 Å². The van der Waals surface area contributed by atoms with Crippen molar-refractivity contribution in [3.63, 3.8) is 0 Å². The first-order chi connectivity index (χ1) is 9.58. The third kappa shape index (κ3) is 4.16. The van der Waals surface area contributed by atoms with Crippen LogP contribution in [-0.2, 0) is 0 Å². The smallest absolute Gasteiger partial charge is 0.291 e. The van der Waals surface area contributed by atoms with Crippen LogP contribution in [0.2, 0.25) is 5.15 Å². The van der Waals surface area contributed by atoms with Crippen molar-refractivity contribution in [2.24, 2.45) is 0 Å². The van der Waals surface area contributed by atoms with Gasteiger partial charge in [-0.25, -0.2) is 4.98 Å². The molecule has 0 saturated carbocycles. The van der Waals surface area contributed by atoms with E-state index in [1.165, 1.54) is 6.20 Å². The van der Waals surface area contributed by atoms with Crippen molar-refractivity contribution < 1.29 is 0 Å². The largest absolute Gasteiger partial charge is 0.358 e. The van der Waals surface area contributed by atoms with Gasteiger partial charge in [0.25, 0.3) is 5.56 Å². The maximum atomic E-state index is 11.6. The van der Waals surface area contributed by atoms with E-state index in [2.05, 4.69) is 32.4 Å². The monoisotopic (exact) mass is 315 g/mol. The molecule has 0 aromatic carbocycles. The third-order valence-electron chi connectivity index (χ3n) is 3.28. The number of piperidine rings is 1. The van der Waals surface area contributed by atoms with E-state index in [0.29, 0.717) is 11.2 Å². The number of likely N-dealkylation sites (N-methyl/N-ethyl adjacent to an activating group) is 1. The molecule has 3 N–H and O–H groups in total. The van der Waals surface area contributed by atoms with E-state index in [0.717, 1.165) is 32.5 Å². The molecule has 1 aromatic rings. The number of thiocarbonyl (C=S) groups is 1. The Kier molecular flexibility index (Phi) is 5.33. The van der Waals surface area contributed by atoms with Crippen molar-refractivity contribution in [2.75, 3.05) is 25.0 Å². The van der Waals surface area contributed by atoms with E-state index in [1.807, 2.05) is 0 Å². The molecule has 6 nitrogen and oxygen atoms in total. The number of anilines is 1. The summed E-state index contributed by atoms with van der Waals surface area (Å²) in [6.45, 7) is 5.27. The van der Waals surface area contributed by atoms with E-state index in [4.69, 9.17) is 23.8 Å². The van der Waals surface area contributed by atoms with Crippen molar-refractivity contribution in [3.05, 3.63) is 21.7 Å². The first-order valence-corrected chi connectivity index (χ1v) is 7.42. The van der Waals surface area contributed by atoms with Gasteiger partial charge < -0.3 is 20.5 Å². The predicted molar refractivity (Wildman–Crippen MR) is 84.4 cm³/mol. The van der Waals surface area contributed by atoms with Crippen LogP contribution in [0.25, 0.3) is 0 Å². The zero-order valence-corrected chi connectivity index (χ0v) is 12.9. The summed E-state index contributed by atoms with van der Waals surface area (Å²) in [5.74, 6) is 0.109. The maximum absolute atomic E-state index is 11.6. The van der Waals surface area contributed by atoms with Gasteiger partial charge in [0.2, 0.25) is 0 Å². The molecular weight excluding hydrogens is 298 g/mol. The standard InChI is InChI=1S/C12H18ClN5OS/c1-2-18-5-3-4-8(7-18)15-12(20)17-10-11(19)14-6-9(13)16-10/h6,8H,2-5,7H2,1H3,(H,14,19)(H2,15,16,17,20). The second-order valence-electron chi connectivity index (χ2n) is 4.73. The number of hydrogen-bond acceptors (Lipinski definition) is 4. The Hall–Kier alpha value is -1.18. The number of hydrogen-bond donors (Lipinski definition) is 3. The molecule has 110 valence electrons. The van der Waals surface area contributed by atoms with Crippen molar-refractivity contribution in [1.82, 2.24) is 20.2 Å². The molecule has 0 bridgehead atoms. The molecule has 8 heteroatoms. The van der Waals surface area contributed by atoms with E-state index in [1.54, 1.807) is 0 Å². The van der Waals surface area contributed by atoms with Gasteiger partial charge in [-0.05, 0) is 38.1 Å².